The Morgan fingerprint density at radius 2 is 2.00 bits per heavy atom. The molecule has 0 spiro atoms. The SMILES string of the molecule is Cc1cc(S(N)(=O)=O)cc(NC(=O)[C@@H]2CNC[C@H]2C)c1C. The number of carbonyl (C=O) groups is 1. The van der Waals surface area contributed by atoms with E-state index < -0.39 is 10.0 Å². The average molecular weight is 311 g/mol. The number of anilines is 1. The molecular formula is C14H21N3O3S. The Morgan fingerprint density at radius 3 is 2.52 bits per heavy atom. The van der Waals surface area contributed by atoms with Gasteiger partial charge in [0.25, 0.3) is 0 Å². The highest BCUT2D eigenvalue weighted by atomic mass is 32.2. The van der Waals surface area contributed by atoms with E-state index in [-0.39, 0.29) is 22.6 Å². The van der Waals surface area contributed by atoms with Crippen molar-refractivity contribution in [3.8, 4) is 0 Å². The van der Waals surface area contributed by atoms with Crippen molar-refractivity contribution < 1.29 is 13.2 Å². The van der Waals surface area contributed by atoms with E-state index in [1.165, 1.54) is 12.1 Å². The molecule has 7 heteroatoms. The molecule has 1 aliphatic heterocycles. The zero-order chi connectivity index (χ0) is 15.8. The van der Waals surface area contributed by atoms with Gasteiger partial charge in [0.15, 0.2) is 0 Å². The molecule has 2 rings (SSSR count). The lowest BCUT2D eigenvalue weighted by Crippen LogP contribution is -2.28. The minimum Gasteiger partial charge on any atom is -0.326 e. The topological polar surface area (TPSA) is 101 Å². The summed E-state index contributed by atoms with van der Waals surface area (Å²) in [5, 5.41) is 11.2. The maximum atomic E-state index is 12.3. The lowest BCUT2D eigenvalue weighted by molar-refractivity contribution is -0.120. The minimum atomic E-state index is -3.79. The van der Waals surface area contributed by atoms with E-state index in [2.05, 4.69) is 10.6 Å². The van der Waals surface area contributed by atoms with Gasteiger partial charge in [-0.2, -0.15) is 0 Å². The molecule has 0 radical (unpaired) electrons. The van der Waals surface area contributed by atoms with Gasteiger partial charge in [-0.05, 0) is 49.6 Å². The van der Waals surface area contributed by atoms with E-state index in [0.717, 1.165) is 17.7 Å². The molecule has 6 nitrogen and oxygen atoms in total. The molecule has 1 aromatic carbocycles. The smallest absolute Gasteiger partial charge is 0.238 e. The van der Waals surface area contributed by atoms with Crippen molar-refractivity contribution in [3.63, 3.8) is 0 Å². The highest BCUT2D eigenvalue weighted by Gasteiger charge is 2.30. The molecule has 1 aliphatic rings. The lowest BCUT2D eigenvalue weighted by atomic mass is 9.97. The molecule has 0 bridgehead atoms. The summed E-state index contributed by atoms with van der Waals surface area (Å²) >= 11 is 0. The summed E-state index contributed by atoms with van der Waals surface area (Å²) in [6, 6.07) is 2.93. The van der Waals surface area contributed by atoms with Crippen LogP contribution in [0, 0.1) is 25.7 Å². The van der Waals surface area contributed by atoms with E-state index in [1.54, 1.807) is 6.92 Å². The van der Waals surface area contributed by atoms with E-state index in [4.69, 9.17) is 5.14 Å². The van der Waals surface area contributed by atoms with Crippen LogP contribution in [-0.2, 0) is 14.8 Å². The Labute approximate surface area is 125 Å². The number of sulfonamides is 1. The number of benzene rings is 1. The predicted octanol–water partition coefficient (Wildman–Crippen LogP) is 0.745. The second-order valence-electron chi connectivity index (χ2n) is 5.69. The Hall–Kier alpha value is -1.44. The molecule has 4 N–H and O–H groups in total. The van der Waals surface area contributed by atoms with Gasteiger partial charge in [-0.1, -0.05) is 6.92 Å². The average Bonchev–Trinajstić information content (AvgIpc) is 2.79. The highest BCUT2D eigenvalue weighted by Crippen LogP contribution is 2.25. The van der Waals surface area contributed by atoms with Crippen molar-refractivity contribution in [1.82, 2.24) is 5.32 Å². The van der Waals surface area contributed by atoms with E-state index in [0.29, 0.717) is 12.2 Å². The fraction of sp³-hybridized carbons (Fsp3) is 0.500. The highest BCUT2D eigenvalue weighted by molar-refractivity contribution is 7.89. The van der Waals surface area contributed by atoms with Gasteiger partial charge in [-0.3, -0.25) is 4.79 Å². The quantitative estimate of drug-likeness (QED) is 0.766. The van der Waals surface area contributed by atoms with Gasteiger partial charge >= 0.3 is 0 Å². The van der Waals surface area contributed by atoms with E-state index >= 15 is 0 Å². The van der Waals surface area contributed by atoms with E-state index in [9.17, 15) is 13.2 Å². The third-order valence-electron chi connectivity index (χ3n) is 4.08. The van der Waals surface area contributed by atoms with Crippen LogP contribution in [0.2, 0.25) is 0 Å². The Balaban J connectivity index is 2.31. The molecule has 1 fully saturated rings. The number of nitrogens with one attached hydrogen (secondary N) is 2. The Morgan fingerprint density at radius 1 is 1.33 bits per heavy atom. The third-order valence-corrected chi connectivity index (χ3v) is 4.97. The molecule has 21 heavy (non-hydrogen) atoms. The molecule has 0 aromatic heterocycles. The fourth-order valence-corrected chi connectivity index (χ4v) is 3.13. The van der Waals surface area contributed by atoms with Gasteiger partial charge in [0.2, 0.25) is 15.9 Å². The van der Waals surface area contributed by atoms with Gasteiger partial charge < -0.3 is 10.6 Å². The van der Waals surface area contributed by atoms with Gasteiger partial charge in [0.05, 0.1) is 10.8 Å². The molecule has 1 heterocycles. The van der Waals surface area contributed by atoms with Gasteiger partial charge in [0, 0.05) is 12.2 Å². The van der Waals surface area contributed by atoms with Crippen LogP contribution in [0.1, 0.15) is 18.1 Å². The summed E-state index contributed by atoms with van der Waals surface area (Å²) in [6.45, 7) is 7.10. The second kappa shape index (κ2) is 5.75. The Bertz CT molecular complexity index is 670. The largest absolute Gasteiger partial charge is 0.326 e. The minimum absolute atomic E-state index is 0.0125. The zero-order valence-electron chi connectivity index (χ0n) is 12.4. The van der Waals surface area contributed by atoms with Crippen LogP contribution in [0.15, 0.2) is 17.0 Å². The van der Waals surface area contributed by atoms with Crippen LogP contribution >= 0.6 is 0 Å². The number of primary sulfonamides is 1. The van der Waals surface area contributed by atoms with Crippen molar-refractivity contribution in [1.29, 1.82) is 0 Å². The van der Waals surface area contributed by atoms with Crippen molar-refractivity contribution in [3.05, 3.63) is 23.3 Å². The van der Waals surface area contributed by atoms with Crippen LogP contribution in [-0.4, -0.2) is 27.4 Å². The zero-order valence-corrected chi connectivity index (χ0v) is 13.3. The molecule has 0 unspecified atom stereocenters. The number of hydrogen-bond acceptors (Lipinski definition) is 4. The molecule has 0 aliphatic carbocycles. The van der Waals surface area contributed by atoms with Crippen LogP contribution in [0.3, 0.4) is 0 Å². The third kappa shape index (κ3) is 3.42. The van der Waals surface area contributed by atoms with Crippen LogP contribution < -0.4 is 15.8 Å². The number of rotatable bonds is 3. The molecule has 0 saturated carbocycles. The van der Waals surface area contributed by atoms with Crippen molar-refractivity contribution >= 4 is 21.6 Å². The number of amides is 1. The maximum absolute atomic E-state index is 12.3. The monoisotopic (exact) mass is 311 g/mol. The summed E-state index contributed by atoms with van der Waals surface area (Å²) in [5.41, 5.74) is 2.12. The van der Waals surface area contributed by atoms with E-state index in [1.807, 2.05) is 13.8 Å². The number of hydrogen-bond donors (Lipinski definition) is 3. The predicted molar refractivity (Wildman–Crippen MR) is 81.4 cm³/mol. The molecular weight excluding hydrogens is 290 g/mol. The summed E-state index contributed by atoms with van der Waals surface area (Å²) in [7, 11) is -3.79. The van der Waals surface area contributed by atoms with Gasteiger partial charge in [0.1, 0.15) is 0 Å². The lowest BCUT2D eigenvalue weighted by Gasteiger charge is -2.17. The molecule has 1 saturated heterocycles. The van der Waals surface area contributed by atoms with Crippen LogP contribution in [0.4, 0.5) is 5.69 Å². The molecule has 116 valence electrons. The van der Waals surface area contributed by atoms with Gasteiger partial charge in [-0.15, -0.1) is 0 Å². The second-order valence-corrected chi connectivity index (χ2v) is 7.25. The molecule has 1 amide bonds. The van der Waals surface area contributed by atoms with Crippen molar-refractivity contribution in [2.75, 3.05) is 18.4 Å². The Kier molecular flexibility index (Phi) is 4.36. The van der Waals surface area contributed by atoms with Crippen LogP contribution in [0.25, 0.3) is 0 Å². The van der Waals surface area contributed by atoms with Crippen LogP contribution in [0.5, 0.6) is 0 Å². The number of nitrogens with two attached hydrogens (primary N) is 1. The first-order valence-electron chi connectivity index (χ1n) is 6.85. The number of aryl methyl sites for hydroxylation is 1. The standard InChI is InChI=1S/C14H21N3O3S/c1-8-4-11(21(15,19)20)5-13(10(8)3)17-14(18)12-7-16-6-9(12)2/h4-5,9,12,16H,6-7H2,1-3H3,(H,17,18)(H2,15,19,20)/t9-,12-/m1/s1. The number of carbonyl (C=O) groups excluding carboxylic acids is 1. The fourth-order valence-electron chi connectivity index (χ4n) is 2.51. The summed E-state index contributed by atoms with van der Waals surface area (Å²) in [4.78, 5) is 12.3. The maximum Gasteiger partial charge on any atom is 0.238 e. The normalized spacial score (nSPS) is 22.3. The summed E-state index contributed by atoms with van der Waals surface area (Å²) in [6.07, 6.45) is 0. The molecule has 2 atom stereocenters. The molecule has 1 aromatic rings. The summed E-state index contributed by atoms with van der Waals surface area (Å²) in [5.74, 6) is 0.0530. The van der Waals surface area contributed by atoms with Crippen molar-refractivity contribution in [2.45, 2.75) is 25.7 Å². The first kappa shape index (κ1) is 15.9. The van der Waals surface area contributed by atoms with Crippen molar-refractivity contribution in [2.24, 2.45) is 17.0 Å². The first-order chi connectivity index (χ1) is 9.70. The van der Waals surface area contributed by atoms with Gasteiger partial charge in [-0.25, -0.2) is 13.6 Å². The summed E-state index contributed by atoms with van der Waals surface area (Å²) < 4.78 is 23.0. The first-order valence-corrected chi connectivity index (χ1v) is 8.40.